The lowest BCUT2D eigenvalue weighted by atomic mass is 9.99. The van der Waals surface area contributed by atoms with E-state index < -0.39 is 0 Å². The van der Waals surface area contributed by atoms with E-state index in [1.807, 2.05) is 24.3 Å². The van der Waals surface area contributed by atoms with Crippen molar-refractivity contribution in [3.8, 4) is 0 Å². The van der Waals surface area contributed by atoms with Gasteiger partial charge in [-0.1, -0.05) is 18.2 Å². The molecule has 0 spiro atoms. The van der Waals surface area contributed by atoms with Gasteiger partial charge in [-0.05, 0) is 6.08 Å². The molecule has 14 heavy (non-hydrogen) atoms. The number of methoxy groups -OCH3 is 2. The van der Waals surface area contributed by atoms with Gasteiger partial charge in [-0.2, -0.15) is 0 Å². The molecule has 0 bridgehead atoms. The van der Waals surface area contributed by atoms with Crippen LogP contribution >= 0.6 is 0 Å². The van der Waals surface area contributed by atoms with Crippen LogP contribution in [0.5, 0.6) is 0 Å². The van der Waals surface area contributed by atoms with E-state index in [4.69, 9.17) is 4.74 Å². The van der Waals surface area contributed by atoms with Crippen molar-refractivity contribution in [2.75, 3.05) is 14.2 Å². The van der Waals surface area contributed by atoms with Gasteiger partial charge in [0, 0.05) is 18.4 Å². The van der Waals surface area contributed by atoms with Crippen LogP contribution in [0.15, 0.2) is 36.1 Å². The molecular formula is C11H14O3. The molecule has 0 aromatic carbocycles. The van der Waals surface area contributed by atoms with Crippen molar-refractivity contribution in [1.82, 2.24) is 0 Å². The Balaban J connectivity index is 2.49. The van der Waals surface area contributed by atoms with Gasteiger partial charge < -0.3 is 9.47 Å². The van der Waals surface area contributed by atoms with Crippen molar-refractivity contribution in [2.24, 2.45) is 5.92 Å². The molecule has 0 fully saturated rings. The second-order valence-electron chi connectivity index (χ2n) is 2.97. The van der Waals surface area contributed by atoms with Crippen molar-refractivity contribution in [3.63, 3.8) is 0 Å². The van der Waals surface area contributed by atoms with Crippen molar-refractivity contribution >= 4 is 5.97 Å². The summed E-state index contributed by atoms with van der Waals surface area (Å²) in [5.74, 6) is 0.813. The van der Waals surface area contributed by atoms with Crippen molar-refractivity contribution in [2.45, 2.75) is 6.42 Å². The molecule has 0 heterocycles. The Morgan fingerprint density at radius 1 is 1.57 bits per heavy atom. The van der Waals surface area contributed by atoms with E-state index >= 15 is 0 Å². The zero-order chi connectivity index (χ0) is 10.4. The summed E-state index contributed by atoms with van der Waals surface area (Å²) in [6, 6.07) is 0. The molecule has 0 amide bonds. The van der Waals surface area contributed by atoms with Gasteiger partial charge in [0.25, 0.3) is 0 Å². The largest absolute Gasteiger partial charge is 0.501 e. The van der Waals surface area contributed by atoms with E-state index in [2.05, 4.69) is 4.74 Å². The Hall–Kier alpha value is -1.51. The predicted molar refractivity (Wildman–Crippen MR) is 53.5 cm³/mol. The third kappa shape index (κ3) is 3.09. The number of hydrogen-bond donors (Lipinski definition) is 0. The standard InChI is InChI=1S/C11H14O3/c1-13-10-5-3-4-9(8-10)6-7-11(12)14-2/h3-7,9H,8H2,1-2H3. The maximum atomic E-state index is 10.8. The first-order valence-corrected chi connectivity index (χ1v) is 4.43. The second kappa shape index (κ2) is 5.27. The van der Waals surface area contributed by atoms with Gasteiger partial charge in [-0.15, -0.1) is 0 Å². The van der Waals surface area contributed by atoms with E-state index in [9.17, 15) is 4.79 Å². The SMILES string of the molecule is COC(=O)C=CC1C=CC=C(OC)C1. The molecule has 1 unspecified atom stereocenters. The molecule has 1 atom stereocenters. The van der Waals surface area contributed by atoms with Gasteiger partial charge in [0.1, 0.15) is 0 Å². The molecule has 0 saturated heterocycles. The highest BCUT2D eigenvalue weighted by Crippen LogP contribution is 2.19. The Labute approximate surface area is 83.7 Å². The van der Waals surface area contributed by atoms with Gasteiger partial charge >= 0.3 is 5.97 Å². The average Bonchev–Trinajstić information content (AvgIpc) is 2.26. The number of allylic oxidation sites excluding steroid dienone is 5. The lowest BCUT2D eigenvalue weighted by molar-refractivity contribution is -0.134. The van der Waals surface area contributed by atoms with E-state index in [0.29, 0.717) is 0 Å². The van der Waals surface area contributed by atoms with Crippen LogP contribution in [0, 0.1) is 5.92 Å². The zero-order valence-electron chi connectivity index (χ0n) is 8.40. The number of ether oxygens (including phenoxy) is 2. The monoisotopic (exact) mass is 194 g/mol. The van der Waals surface area contributed by atoms with Crippen LogP contribution < -0.4 is 0 Å². The molecule has 0 aliphatic heterocycles. The van der Waals surface area contributed by atoms with Crippen LogP contribution in [-0.4, -0.2) is 20.2 Å². The van der Waals surface area contributed by atoms with Crippen molar-refractivity contribution in [1.29, 1.82) is 0 Å². The van der Waals surface area contributed by atoms with Gasteiger partial charge in [0.15, 0.2) is 0 Å². The summed E-state index contributed by atoms with van der Waals surface area (Å²) < 4.78 is 9.61. The summed E-state index contributed by atoms with van der Waals surface area (Å²) in [6.45, 7) is 0. The maximum Gasteiger partial charge on any atom is 0.330 e. The van der Waals surface area contributed by atoms with Crippen molar-refractivity contribution < 1.29 is 14.3 Å². The van der Waals surface area contributed by atoms with Crippen LogP contribution in [0.2, 0.25) is 0 Å². The molecule has 0 aromatic rings. The average molecular weight is 194 g/mol. The number of carbonyl (C=O) groups excluding carboxylic acids is 1. The van der Waals surface area contributed by atoms with E-state index in [1.165, 1.54) is 13.2 Å². The fourth-order valence-electron chi connectivity index (χ4n) is 1.23. The summed E-state index contributed by atoms with van der Waals surface area (Å²) in [5.41, 5.74) is 0. The molecule has 3 nitrogen and oxygen atoms in total. The van der Waals surface area contributed by atoms with Gasteiger partial charge in [0.05, 0.1) is 20.0 Å². The topological polar surface area (TPSA) is 35.5 Å². The Morgan fingerprint density at radius 3 is 3.00 bits per heavy atom. The predicted octanol–water partition coefficient (Wildman–Crippen LogP) is 1.82. The number of rotatable bonds is 3. The first-order chi connectivity index (χ1) is 6.76. The highest BCUT2D eigenvalue weighted by molar-refractivity contribution is 5.81. The number of hydrogen-bond acceptors (Lipinski definition) is 3. The molecule has 3 heteroatoms. The highest BCUT2D eigenvalue weighted by atomic mass is 16.5. The van der Waals surface area contributed by atoms with Crippen molar-refractivity contribution in [3.05, 3.63) is 36.1 Å². The quantitative estimate of drug-likeness (QED) is 0.508. The minimum absolute atomic E-state index is 0.217. The third-order valence-electron chi connectivity index (χ3n) is 2.02. The molecule has 0 saturated carbocycles. The van der Waals surface area contributed by atoms with Crippen LogP contribution in [0.3, 0.4) is 0 Å². The normalized spacial score (nSPS) is 20.7. The van der Waals surface area contributed by atoms with E-state index in [1.54, 1.807) is 7.11 Å². The van der Waals surface area contributed by atoms with Crippen LogP contribution in [0.1, 0.15) is 6.42 Å². The number of carbonyl (C=O) groups is 1. The van der Waals surface area contributed by atoms with Gasteiger partial charge in [-0.25, -0.2) is 4.79 Å². The molecule has 1 aliphatic carbocycles. The maximum absolute atomic E-state index is 10.8. The van der Waals surface area contributed by atoms with Crippen LogP contribution in [0.25, 0.3) is 0 Å². The molecule has 0 radical (unpaired) electrons. The molecule has 1 aliphatic rings. The first-order valence-electron chi connectivity index (χ1n) is 4.43. The van der Waals surface area contributed by atoms with E-state index in [-0.39, 0.29) is 11.9 Å². The smallest absolute Gasteiger partial charge is 0.330 e. The van der Waals surface area contributed by atoms with E-state index in [0.717, 1.165) is 12.2 Å². The highest BCUT2D eigenvalue weighted by Gasteiger charge is 2.08. The molecule has 0 N–H and O–H groups in total. The summed E-state index contributed by atoms with van der Waals surface area (Å²) in [5, 5.41) is 0. The lowest BCUT2D eigenvalue weighted by Crippen LogP contribution is -2.02. The minimum atomic E-state index is -0.327. The molecule has 1 rings (SSSR count). The Bertz CT molecular complexity index is 287. The van der Waals surface area contributed by atoms with Gasteiger partial charge in [-0.3, -0.25) is 0 Å². The van der Waals surface area contributed by atoms with Crippen LogP contribution in [-0.2, 0) is 14.3 Å². The fraction of sp³-hybridized carbons (Fsp3) is 0.364. The Morgan fingerprint density at radius 2 is 2.36 bits per heavy atom. The third-order valence-corrected chi connectivity index (χ3v) is 2.02. The second-order valence-corrected chi connectivity index (χ2v) is 2.97. The zero-order valence-corrected chi connectivity index (χ0v) is 8.40. The minimum Gasteiger partial charge on any atom is -0.501 e. The Kier molecular flexibility index (Phi) is 3.98. The molecule has 0 aromatic heterocycles. The summed E-state index contributed by atoms with van der Waals surface area (Å²) >= 11 is 0. The molecular weight excluding hydrogens is 180 g/mol. The van der Waals surface area contributed by atoms with Gasteiger partial charge in [0.2, 0.25) is 0 Å². The summed E-state index contributed by atoms with van der Waals surface area (Å²) in [6.07, 6.45) is 9.90. The fourth-order valence-corrected chi connectivity index (χ4v) is 1.23. The summed E-state index contributed by atoms with van der Waals surface area (Å²) in [7, 11) is 3.01. The molecule has 76 valence electrons. The van der Waals surface area contributed by atoms with Crippen LogP contribution in [0.4, 0.5) is 0 Å². The first kappa shape index (κ1) is 10.6. The summed E-state index contributed by atoms with van der Waals surface area (Å²) in [4.78, 5) is 10.8. The number of esters is 1. The lowest BCUT2D eigenvalue weighted by Gasteiger charge is -2.13.